The summed E-state index contributed by atoms with van der Waals surface area (Å²) in [6.07, 6.45) is 9.12. The Kier molecular flexibility index (Phi) is 25.7. The maximum Gasteiger partial charge on any atom is 0.472 e. The molecule has 0 spiro atoms. The minimum atomic E-state index is -5.09. The van der Waals surface area contributed by atoms with Gasteiger partial charge in [-0.05, 0) is 12.8 Å². The highest BCUT2D eigenvalue weighted by Crippen LogP contribution is 2.47. The van der Waals surface area contributed by atoms with Gasteiger partial charge < -0.3 is 39.9 Å². The fourth-order valence-corrected chi connectivity index (χ4v) is 6.79. The summed E-state index contributed by atoms with van der Waals surface area (Å²) >= 11 is 0. The van der Waals surface area contributed by atoms with Crippen molar-refractivity contribution >= 4 is 19.8 Å². The molecule has 0 amide bonds. The van der Waals surface area contributed by atoms with Gasteiger partial charge >= 0.3 is 19.8 Å². The molecule has 1 rings (SSSR count). The molecule has 49 heavy (non-hydrogen) atoms. The Balaban J connectivity index is 2.56. The Morgan fingerprint density at radius 3 is 1.35 bits per heavy atom. The van der Waals surface area contributed by atoms with Gasteiger partial charge in [0.2, 0.25) is 0 Å². The van der Waals surface area contributed by atoms with Gasteiger partial charge in [0.05, 0.1) is 6.61 Å². The number of phosphoric acid groups is 1. The quantitative estimate of drug-likeness (QED) is 0.0312. The summed E-state index contributed by atoms with van der Waals surface area (Å²) in [4.78, 5) is 35.3. The number of hydrogen-bond donors (Lipinski definition) is 6. The van der Waals surface area contributed by atoms with E-state index in [1.165, 1.54) is 70.6 Å². The first-order chi connectivity index (χ1) is 23.4. The maximum absolute atomic E-state index is 12.7. The Morgan fingerprint density at radius 1 is 0.551 bits per heavy atom. The Hall–Kier alpha value is -1.15. The van der Waals surface area contributed by atoms with Crippen LogP contribution in [0.15, 0.2) is 0 Å². The predicted molar refractivity (Wildman–Crippen MR) is 184 cm³/mol. The van der Waals surface area contributed by atoms with E-state index in [4.69, 9.17) is 18.5 Å². The molecule has 8 atom stereocenters. The number of rotatable bonds is 30. The molecule has 0 bridgehead atoms. The summed E-state index contributed by atoms with van der Waals surface area (Å²) in [6, 6.07) is 0. The molecule has 0 heterocycles. The van der Waals surface area contributed by atoms with Crippen molar-refractivity contribution in [3.63, 3.8) is 0 Å². The molecule has 0 aliphatic heterocycles. The van der Waals surface area contributed by atoms with Gasteiger partial charge in [-0.15, -0.1) is 0 Å². The Labute approximate surface area is 293 Å². The Bertz CT molecular complexity index is 891. The molecule has 1 aliphatic carbocycles. The van der Waals surface area contributed by atoms with Gasteiger partial charge in [0.1, 0.15) is 43.2 Å². The molecule has 1 saturated carbocycles. The molecule has 0 aromatic carbocycles. The SMILES string of the molecule is CCCCCCCCCCCCCC(=O)O[C@H](COC(=O)CCCCCCCCCCC)COP(=O)(O)OC1[C@H](O)[C@H](O)C(O)[C@H](O)[C@H]1O. The summed E-state index contributed by atoms with van der Waals surface area (Å²) in [5.41, 5.74) is 0. The van der Waals surface area contributed by atoms with Gasteiger partial charge in [-0.3, -0.25) is 18.6 Å². The zero-order valence-electron chi connectivity index (χ0n) is 30.0. The lowest BCUT2D eigenvalue weighted by atomic mass is 9.85. The molecule has 290 valence electrons. The van der Waals surface area contributed by atoms with Crippen LogP contribution in [0.2, 0.25) is 0 Å². The van der Waals surface area contributed by atoms with Crippen molar-refractivity contribution < 1.29 is 63.1 Å². The number of esters is 2. The number of carbonyl (C=O) groups excluding carboxylic acids is 2. The number of ether oxygens (including phenoxy) is 2. The second-order valence-corrected chi connectivity index (χ2v) is 14.9. The van der Waals surface area contributed by atoms with Gasteiger partial charge in [0, 0.05) is 12.8 Å². The number of aliphatic hydroxyl groups is 5. The Morgan fingerprint density at radius 2 is 0.918 bits per heavy atom. The summed E-state index contributed by atoms with van der Waals surface area (Å²) in [7, 11) is -5.09. The van der Waals surface area contributed by atoms with Crippen LogP contribution in [0.25, 0.3) is 0 Å². The van der Waals surface area contributed by atoms with E-state index in [0.29, 0.717) is 12.8 Å². The number of unbranched alkanes of at least 4 members (excludes halogenated alkanes) is 18. The van der Waals surface area contributed by atoms with Gasteiger partial charge in [0.15, 0.2) is 6.10 Å². The maximum atomic E-state index is 12.7. The van der Waals surface area contributed by atoms with Crippen molar-refractivity contribution in [2.45, 2.75) is 198 Å². The van der Waals surface area contributed by atoms with Crippen LogP contribution in [0.4, 0.5) is 0 Å². The highest BCUT2D eigenvalue weighted by molar-refractivity contribution is 7.47. The molecule has 14 heteroatoms. The highest BCUT2D eigenvalue weighted by atomic mass is 31.2. The van der Waals surface area contributed by atoms with Gasteiger partial charge in [0.25, 0.3) is 0 Å². The summed E-state index contributed by atoms with van der Waals surface area (Å²) in [5, 5.41) is 49.8. The monoisotopic (exact) mass is 726 g/mol. The zero-order valence-corrected chi connectivity index (χ0v) is 30.9. The van der Waals surface area contributed by atoms with Crippen molar-refractivity contribution in [1.29, 1.82) is 0 Å². The van der Waals surface area contributed by atoms with Crippen LogP contribution in [0, 0.1) is 0 Å². The normalized spacial score (nSPS) is 24.3. The molecular weight excluding hydrogens is 659 g/mol. The lowest BCUT2D eigenvalue weighted by Crippen LogP contribution is -2.64. The van der Waals surface area contributed by atoms with Crippen LogP contribution in [0.5, 0.6) is 0 Å². The first-order valence-electron chi connectivity index (χ1n) is 18.8. The second-order valence-electron chi connectivity index (χ2n) is 13.4. The van der Waals surface area contributed by atoms with Gasteiger partial charge in [-0.25, -0.2) is 4.57 Å². The number of aliphatic hydroxyl groups excluding tert-OH is 5. The summed E-state index contributed by atoms with van der Waals surface area (Å²) < 4.78 is 33.2. The van der Waals surface area contributed by atoms with E-state index in [9.17, 15) is 44.6 Å². The average Bonchev–Trinajstić information content (AvgIpc) is 3.07. The average molecular weight is 727 g/mol. The summed E-state index contributed by atoms with van der Waals surface area (Å²) in [5.74, 6) is -1.10. The van der Waals surface area contributed by atoms with Crippen LogP contribution in [0.3, 0.4) is 0 Å². The molecule has 6 N–H and O–H groups in total. The lowest BCUT2D eigenvalue weighted by Gasteiger charge is -2.41. The number of phosphoric ester groups is 1. The van der Waals surface area contributed by atoms with Crippen LogP contribution >= 0.6 is 7.82 Å². The van der Waals surface area contributed by atoms with Crippen LogP contribution in [-0.4, -0.2) is 98.3 Å². The molecule has 13 nitrogen and oxygen atoms in total. The van der Waals surface area contributed by atoms with Crippen LogP contribution in [0.1, 0.15) is 155 Å². The lowest BCUT2D eigenvalue weighted by molar-refractivity contribution is -0.220. The van der Waals surface area contributed by atoms with Crippen molar-refractivity contribution in [3.05, 3.63) is 0 Å². The van der Waals surface area contributed by atoms with Gasteiger partial charge in [-0.2, -0.15) is 0 Å². The minimum Gasteiger partial charge on any atom is -0.462 e. The van der Waals surface area contributed by atoms with Gasteiger partial charge in [-0.1, -0.05) is 129 Å². The molecule has 0 radical (unpaired) electrons. The molecule has 3 unspecified atom stereocenters. The topological polar surface area (TPSA) is 210 Å². The molecular formula is C35H67O13P. The first-order valence-corrected chi connectivity index (χ1v) is 20.3. The van der Waals surface area contributed by atoms with Crippen molar-refractivity contribution in [2.75, 3.05) is 13.2 Å². The van der Waals surface area contributed by atoms with Crippen molar-refractivity contribution in [2.24, 2.45) is 0 Å². The molecule has 0 aromatic rings. The van der Waals surface area contributed by atoms with E-state index in [1.54, 1.807) is 0 Å². The molecule has 0 aromatic heterocycles. The predicted octanol–water partition coefficient (Wildman–Crippen LogP) is 5.38. The second kappa shape index (κ2) is 27.5. The first kappa shape index (κ1) is 45.9. The highest BCUT2D eigenvalue weighted by Gasteiger charge is 2.51. The zero-order chi connectivity index (χ0) is 36.5. The fraction of sp³-hybridized carbons (Fsp3) is 0.943. The molecule has 1 aliphatic rings. The standard InChI is InChI=1S/C35H67O13P/c1-3-5-7-9-11-13-14-16-18-20-22-24-29(37)47-27(25-45-28(36)23-21-19-17-15-12-10-8-6-4-2)26-46-49(43,44)48-35-33(41)31(39)30(38)32(40)34(35)42/h27,30-35,38-42H,3-26H2,1-2H3,(H,43,44)/t27-,30?,31-,32+,33-,34-,35?/m1/s1. The van der Waals surface area contributed by atoms with E-state index < -0.39 is 75.7 Å². The third kappa shape index (κ3) is 21.1. The third-order valence-corrected chi connectivity index (χ3v) is 9.93. The van der Waals surface area contributed by atoms with Crippen molar-refractivity contribution in [1.82, 2.24) is 0 Å². The van der Waals surface area contributed by atoms with Crippen molar-refractivity contribution in [3.8, 4) is 0 Å². The molecule has 1 fully saturated rings. The molecule has 0 saturated heterocycles. The third-order valence-electron chi connectivity index (χ3n) is 8.95. The largest absolute Gasteiger partial charge is 0.472 e. The van der Waals surface area contributed by atoms with E-state index in [2.05, 4.69) is 13.8 Å². The smallest absolute Gasteiger partial charge is 0.462 e. The number of carbonyl (C=O) groups is 2. The van der Waals surface area contributed by atoms with E-state index in [-0.39, 0.29) is 12.8 Å². The van der Waals surface area contributed by atoms with E-state index in [1.807, 2.05) is 0 Å². The summed E-state index contributed by atoms with van der Waals surface area (Å²) in [6.45, 7) is 3.22. The van der Waals surface area contributed by atoms with E-state index in [0.717, 1.165) is 44.9 Å². The van der Waals surface area contributed by atoms with E-state index >= 15 is 0 Å². The van der Waals surface area contributed by atoms with Crippen LogP contribution < -0.4 is 0 Å². The fourth-order valence-electron chi connectivity index (χ4n) is 5.82. The number of hydrogen-bond acceptors (Lipinski definition) is 12. The minimum absolute atomic E-state index is 0.103. The van der Waals surface area contributed by atoms with Crippen LogP contribution in [-0.2, 0) is 32.7 Å².